The minimum absolute atomic E-state index is 0.114. The number of aromatic carboxylic acids is 1. The quantitative estimate of drug-likeness (QED) is 0.806. The minimum atomic E-state index is -1.03. The van der Waals surface area contributed by atoms with E-state index in [1.807, 2.05) is 0 Å². The third-order valence-corrected chi connectivity index (χ3v) is 2.33. The van der Waals surface area contributed by atoms with Crippen molar-refractivity contribution in [2.75, 3.05) is 5.32 Å². The van der Waals surface area contributed by atoms with E-state index in [2.05, 4.69) is 16.2 Å². The second-order valence-corrected chi connectivity index (χ2v) is 3.55. The smallest absolute Gasteiger partial charge is 0.339 e. The van der Waals surface area contributed by atoms with Crippen molar-refractivity contribution in [3.05, 3.63) is 53.7 Å². The number of aromatic nitrogens is 1. The standard InChI is InChI=1S/C14H10N2O2/c1-2-10-5-3-6-11(9-10)16-13-12(14(17)18)7-4-8-15-13/h1,3-9H,(H,15,16)(H,17,18). The first kappa shape index (κ1) is 11.7. The number of carboxylic acids is 1. The van der Waals surface area contributed by atoms with Crippen molar-refractivity contribution in [1.82, 2.24) is 4.98 Å². The van der Waals surface area contributed by atoms with Crippen LogP contribution in [0.3, 0.4) is 0 Å². The molecule has 1 aromatic carbocycles. The van der Waals surface area contributed by atoms with E-state index in [0.717, 1.165) is 0 Å². The third-order valence-electron chi connectivity index (χ3n) is 2.33. The summed E-state index contributed by atoms with van der Waals surface area (Å²) < 4.78 is 0. The molecule has 0 bridgehead atoms. The first-order valence-electron chi connectivity index (χ1n) is 5.22. The SMILES string of the molecule is C#Cc1cccc(Nc2ncccc2C(=O)O)c1. The molecule has 0 aliphatic carbocycles. The van der Waals surface area contributed by atoms with E-state index >= 15 is 0 Å². The summed E-state index contributed by atoms with van der Waals surface area (Å²) in [4.78, 5) is 15.0. The van der Waals surface area contributed by atoms with Gasteiger partial charge in [0, 0.05) is 17.4 Å². The first-order chi connectivity index (χ1) is 8.70. The van der Waals surface area contributed by atoms with Crippen molar-refractivity contribution in [2.45, 2.75) is 0 Å². The van der Waals surface area contributed by atoms with Crippen LogP contribution in [-0.2, 0) is 0 Å². The molecule has 2 rings (SSSR count). The van der Waals surface area contributed by atoms with Crippen LogP contribution in [0.25, 0.3) is 0 Å². The summed E-state index contributed by atoms with van der Waals surface area (Å²) in [5, 5.41) is 12.0. The monoisotopic (exact) mass is 238 g/mol. The van der Waals surface area contributed by atoms with Gasteiger partial charge in [-0.3, -0.25) is 0 Å². The van der Waals surface area contributed by atoms with Gasteiger partial charge in [0.05, 0.1) is 0 Å². The van der Waals surface area contributed by atoms with E-state index < -0.39 is 5.97 Å². The van der Waals surface area contributed by atoms with Crippen molar-refractivity contribution in [1.29, 1.82) is 0 Å². The summed E-state index contributed by atoms with van der Waals surface area (Å²) in [6, 6.07) is 10.2. The van der Waals surface area contributed by atoms with E-state index in [1.165, 1.54) is 12.3 Å². The number of carboxylic acid groups (broad SMARTS) is 1. The zero-order chi connectivity index (χ0) is 13.0. The molecule has 2 N–H and O–H groups in total. The van der Waals surface area contributed by atoms with Crippen molar-refractivity contribution in [3.8, 4) is 12.3 Å². The van der Waals surface area contributed by atoms with Crippen LogP contribution in [0.5, 0.6) is 0 Å². The van der Waals surface area contributed by atoms with Crippen LogP contribution < -0.4 is 5.32 Å². The predicted octanol–water partition coefficient (Wildman–Crippen LogP) is 2.50. The Labute approximate surface area is 104 Å². The van der Waals surface area contributed by atoms with Gasteiger partial charge in [0.1, 0.15) is 11.4 Å². The number of pyridine rings is 1. The maximum atomic E-state index is 11.0. The molecule has 0 fully saturated rings. The van der Waals surface area contributed by atoms with E-state index in [1.54, 1.807) is 30.3 Å². The van der Waals surface area contributed by atoms with Gasteiger partial charge < -0.3 is 10.4 Å². The molecular formula is C14H10N2O2. The fourth-order valence-corrected chi connectivity index (χ4v) is 1.50. The number of nitrogens with zero attached hydrogens (tertiary/aromatic N) is 1. The van der Waals surface area contributed by atoms with E-state index in [0.29, 0.717) is 17.1 Å². The molecule has 0 atom stereocenters. The molecule has 88 valence electrons. The molecule has 0 aliphatic rings. The van der Waals surface area contributed by atoms with Crippen molar-refractivity contribution >= 4 is 17.5 Å². The van der Waals surface area contributed by atoms with E-state index in [9.17, 15) is 4.79 Å². The molecular weight excluding hydrogens is 228 g/mol. The number of benzene rings is 1. The number of anilines is 2. The Morgan fingerprint density at radius 2 is 2.17 bits per heavy atom. The van der Waals surface area contributed by atoms with Crippen LogP contribution in [0.4, 0.5) is 11.5 Å². The molecule has 18 heavy (non-hydrogen) atoms. The fraction of sp³-hybridized carbons (Fsp3) is 0. The number of nitrogens with one attached hydrogen (secondary N) is 1. The van der Waals surface area contributed by atoms with Crippen LogP contribution in [0.15, 0.2) is 42.6 Å². The Morgan fingerprint density at radius 3 is 2.89 bits per heavy atom. The second-order valence-electron chi connectivity index (χ2n) is 3.55. The summed E-state index contributed by atoms with van der Waals surface area (Å²) in [5.74, 6) is 1.78. The highest BCUT2D eigenvalue weighted by Gasteiger charge is 2.10. The molecule has 0 radical (unpaired) electrons. The molecule has 0 saturated heterocycles. The Kier molecular flexibility index (Phi) is 3.26. The topological polar surface area (TPSA) is 62.2 Å². The number of hydrogen-bond donors (Lipinski definition) is 2. The number of hydrogen-bond acceptors (Lipinski definition) is 3. The molecule has 2 aromatic rings. The largest absolute Gasteiger partial charge is 0.478 e. The zero-order valence-corrected chi connectivity index (χ0v) is 9.42. The fourth-order valence-electron chi connectivity index (χ4n) is 1.50. The van der Waals surface area contributed by atoms with Gasteiger partial charge in [0.15, 0.2) is 0 Å². The van der Waals surface area contributed by atoms with Crippen molar-refractivity contribution in [3.63, 3.8) is 0 Å². The molecule has 0 aliphatic heterocycles. The minimum Gasteiger partial charge on any atom is -0.478 e. The molecule has 4 heteroatoms. The lowest BCUT2D eigenvalue weighted by atomic mass is 10.2. The van der Waals surface area contributed by atoms with Gasteiger partial charge in [-0.25, -0.2) is 9.78 Å². The Hall–Kier alpha value is -2.80. The van der Waals surface area contributed by atoms with Crippen LogP contribution in [-0.4, -0.2) is 16.1 Å². The second kappa shape index (κ2) is 5.02. The summed E-state index contributed by atoms with van der Waals surface area (Å²) in [6.45, 7) is 0. The Morgan fingerprint density at radius 1 is 1.33 bits per heavy atom. The maximum absolute atomic E-state index is 11.0. The van der Waals surface area contributed by atoms with Crippen LogP contribution in [0, 0.1) is 12.3 Å². The lowest BCUT2D eigenvalue weighted by Crippen LogP contribution is -2.04. The van der Waals surface area contributed by atoms with E-state index in [4.69, 9.17) is 11.5 Å². The van der Waals surface area contributed by atoms with Crippen molar-refractivity contribution in [2.24, 2.45) is 0 Å². The molecule has 1 heterocycles. The lowest BCUT2D eigenvalue weighted by molar-refractivity contribution is 0.0697. The number of rotatable bonds is 3. The summed E-state index contributed by atoms with van der Waals surface area (Å²) in [7, 11) is 0. The van der Waals surface area contributed by atoms with E-state index in [-0.39, 0.29) is 5.56 Å². The van der Waals surface area contributed by atoms with Gasteiger partial charge in [-0.2, -0.15) is 0 Å². The van der Waals surface area contributed by atoms with Crippen molar-refractivity contribution < 1.29 is 9.90 Å². The summed E-state index contributed by atoms with van der Waals surface area (Å²) in [6.07, 6.45) is 6.83. The average Bonchev–Trinajstić information content (AvgIpc) is 2.39. The highest BCUT2D eigenvalue weighted by molar-refractivity contribution is 5.93. The highest BCUT2D eigenvalue weighted by atomic mass is 16.4. The highest BCUT2D eigenvalue weighted by Crippen LogP contribution is 2.19. The molecule has 0 amide bonds. The van der Waals surface area contributed by atoms with Gasteiger partial charge in [-0.05, 0) is 30.3 Å². The number of carbonyl (C=O) groups is 1. The number of terminal acetylenes is 1. The third kappa shape index (κ3) is 2.47. The van der Waals surface area contributed by atoms with Gasteiger partial charge >= 0.3 is 5.97 Å². The average molecular weight is 238 g/mol. The van der Waals surface area contributed by atoms with Crippen LogP contribution in [0.1, 0.15) is 15.9 Å². The van der Waals surface area contributed by atoms with Gasteiger partial charge in [0.2, 0.25) is 0 Å². The summed E-state index contributed by atoms with van der Waals surface area (Å²) in [5.41, 5.74) is 1.53. The molecule has 0 saturated carbocycles. The van der Waals surface area contributed by atoms with Gasteiger partial charge in [0.25, 0.3) is 0 Å². The zero-order valence-electron chi connectivity index (χ0n) is 9.42. The molecule has 0 spiro atoms. The lowest BCUT2D eigenvalue weighted by Gasteiger charge is -2.08. The first-order valence-corrected chi connectivity index (χ1v) is 5.22. The Balaban J connectivity index is 2.34. The predicted molar refractivity (Wildman–Crippen MR) is 68.9 cm³/mol. The normalized spacial score (nSPS) is 9.50. The molecule has 1 aromatic heterocycles. The maximum Gasteiger partial charge on any atom is 0.339 e. The molecule has 4 nitrogen and oxygen atoms in total. The van der Waals surface area contributed by atoms with Gasteiger partial charge in [-0.1, -0.05) is 12.0 Å². The summed E-state index contributed by atoms with van der Waals surface area (Å²) >= 11 is 0. The van der Waals surface area contributed by atoms with Crippen LogP contribution >= 0.6 is 0 Å². The Bertz CT molecular complexity index is 630. The molecule has 0 unspecified atom stereocenters. The van der Waals surface area contributed by atoms with Gasteiger partial charge in [-0.15, -0.1) is 6.42 Å². The van der Waals surface area contributed by atoms with Crippen LogP contribution in [0.2, 0.25) is 0 Å².